The van der Waals surface area contributed by atoms with Crippen LogP contribution in [-0.4, -0.2) is 4.57 Å². The molecule has 42 heavy (non-hydrogen) atoms. The summed E-state index contributed by atoms with van der Waals surface area (Å²) in [6, 6.07) is 60.8. The van der Waals surface area contributed by atoms with E-state index in [2.05, 4.69) is 179 Å². The quantitative estimate of drug-likeness (QED) is 0.212. The molecular weight excluding hydrogens is 508 g/mol. The van der Waals surface area contributed by atoms with E-state index >= 15 is 0 Å². The lowest BCUT2D eigenvalue weighted by Gasteiger charge is -2.25. The van der Waals surface area contributed by atoms with Crippen molar-refractivity contribution in [3.63, 3.8) is 0 Å². The zero-order chi connectivity index (χ0) is 27.9. The molecule has 1 heterocycles. The van der Waals surface area contributed by atoms with Gasteiger partial charge in [0.25, 0.3) is 0 Å². The number of hydrogen-bond acceptors (Lipinski definition) is 1. The Morgan fingerprint density at radius 2 is 0.857 bits per heavy atom. The van der Waals surface area contributed by atoms with Gasteiger partial charge in [-0.15, -0.1) is 0 Å². The number of anilines is 3. The van der Waals surface area contributed by atoms with Crippen LogP contribution in [0.4, 0.5) is 17.1 Å². The van der Waals surface area contributed by atoms with Gasteiger partial charge >= 0.3 is 0 Å². The van der Waals surface area contributed by atoms with E-state index in [0.29, 0.717) is 0 Å². The van der Waals surface area contributed by atoms with Crippen LogP contribution in [0.3, 0.4) is 0 Å². The van der Waals surface area contributed by atoms with Crippen LogP contribution >= 0.6 is 0 Å². The van der Waals surface area contributed by atoms with Gasteiger partial charge in [0, 0.05) is 33.5 Å². The third-order valence-electron chi connectivity index (χ3n) is 8.15. The molecule has 8 aromatic rings. The molecule has 0 saturated heterocycles. The van der Waals surface area contributed by atoms with E-state index in [0.717, 1.165) is 17.1 Å². The first-order chi connectivity index (χ1) is 20.8. The Bertz CT molecular complexity index is 2080. The van der Waals surface area contributed by atoms with Crippen molar-refractivity contribution in [1.29, 1.82) is 0 Å². The maximum absolute atomic E-state index is 2.36. The molecule has 0 radical (unpaired) electrons. The Balaban J connectivity index is 1.16. The van der Waals surface area contributed by atoms with Crippen LogP contribution in [0.25, 0.3) is 49.4 Å². The van der Waals surface area contributed by atoms with Crippen LogP contribution in [0.2, 0.25) is 0 Å². The molecule has 0 atom stereocenters. The Hall–Kier alpha value is -5.60. The van der Waals surface area contributed by atoms with Gasteiger partial charge in [0.05, 0.1) is 11.0 Å². The number of rotatable bonds is 5. The fourth-order valence-corrected chi connectivity index (χ4v) is 6.16. The summed E-state index contributed by atoms with van der Waals surface area (Å²) in [5.74, 6) is 0. The van der Waals surface area contributed by atoms with Gasteiger partial charge in [0.2, 0.25) is 0 Å². The molecule has 0 aliphatic heterocycles. The summed E-state index contributed by atoms with van der Waals surface area (Å²) in [6.45, 7) is 0. The zero-order valence-electron chi connectivity index (χ0n) is 23.1. The SMILES string of the molecule is c1ccc(N(c2ccccc2)c2ccc3cc(-c4ccc(-n5c6ccccc6c6ccccc65)cc4)ccc3c2)cc1. The normalized spacial score (nSPS) is 11.3. The highest BCUT2D eigenvalue weighted by Gasteiger charge is 2.14. The molecule has 0 N–H and O–H groups in total. The molecule has 8 rings (SSSR count). The van der Waals surface area contributed by atoms with Crippen molar-refractivity contribution >= 4 is 49.6 Å². The summed E-state index contributed by atoms with van der Waals surface area (Å²) >= 11 is 0. The number of aromatic nitrogens is 1. The number of benzene rings is 7. The van der Waals surface area contributed by atoms with Gasteiger partial charge in [0.1, 0.15) is 0 Å². The van der Waals surface area contributed by atoms with E-state index in [-0.39, 0.29) is 0 Å². The Labute approximate surface area is 245 Å². The fourth-order valence-electron chi connectivity index (χ4n) is 6.16. The molecule has 0 bridgehead atoms. The molecule has 0 saturated carbocycles. The Morgan fingerprint density at radius 1 is 0.357 bits per heavy atom. The highest BCUT2D eigenvalue weighted by atomic mass is 15.1. The second kappa shape index (κ2) is 10.1. The molecule has 0 fully saturated rings. The van der Waals surface area contributed by atoms with Gasteiger partial charge in [0.15, 0.2) is 0 Å². The van der Waals surface area contributed by atoms with Crippen molar-refractivity contribution in [1.82, 2.24) is 4.57 Å². The maximum atomic E-state index is 2.36. The zero-order valence-corrected chi connectivity index (χ0v) is 23.1. The Morgan fingerprint density at radius 3 is 1.48 bits per heavy atom. The van der Waals surface area contributed by atoms with E-state index in [9.17, 15) is 0 Å². The largest absolute Gasteiger partial charge is 0.310 e. The molecule has 0 aliphatic carbocycles. The minimum atomic E-state index is 1.14. The summed E-state index contributed by atoms with van der Waals surface area (Å²) in [7, 11) is 0. The average molecular weight is 537 g/mol. The average Bonchev–Trinajstić information content (AvgIpc) is 3.40. The number of hydrogen-bond donors (Lipinski definition) is 0. The van der Waals surface area contributed by atoms with Gasteiger partial charge in [-0.25, -0.2) is 0 Å². The van der Waals surface area contributed by atoms with Crippen molar-refractivity contribution in [2.24, 2.45) is 0 Å². The number of para-hydroxylation sites is 4. The third-order valence-corrected chi connectivity index (χ3v) is 8.15. The minimum Gasteiger partial charge on any atom is -0.310 e. The van der Waals surface area contributed by atoms with Crippen LogP contribution in [0.15, 0.2) is 170 Å². The summed E-state index contributed by atoms with van der Waals surface area (Å²) < 4.78 is 2.36. The number of fused-ring (bicyclic) bond motifs is 4. The smallest absolute Gasteiger partial charge is 0.0541 e. The van der Waals surface area contributed by atoms with Crippen molar-refractivity contribution < 1.29 is 0 Å². The van der Waals surface area contributed by atoms with Crippen molar-refractivity contribution in [2.45, 2.75) is 0 Å². The van der Waals surface area contributed by atoms with Crippen LogP contribution in [0, 0.1) is 0 Å². The first-order valence-electron chi connectivity index (χ1n) is 14.4. The predicted octanol–water partition coefficient (Wildman–Crippen LogP) is 11.1. The second-order valence-electron chi connectivity index (χ2n) is 10.7. The molecule has 1 aromatic heterocycles. The highest BCUT2D eigenvalue weighted by Crippen LogP contribution is 2.37. The van der Waals surface area contributed by atoms with Crippen LogP contribution in [0.1, 0.15) is 0 Å². The molecule has 0 unspecified atom stereocenters. The van der Waals surface area contributed by atoms with Crippen molar-refractivity contribution in [2.75, 3.05) is 4.90 Å². The molecule has 2 heteroatoms. The topological polar surface area (TPSA) is 8.17 Å². The van der Waals surface area contributed by atoms with Gasteiger partial charge in [-0.2, -0.15) is 0 Å². The second-order valence-corrected chi connectivity index (χ2v) is 10.7. The van der Waals surface area contributed by atoms with E-state index < -0.39 is 0 Å². The first-order valence-corrected chi connectivity index (χ1v) is 14.4. The van der Waals surface area contributed by atoms with E-state index in [1.165, 1.54) is 49.4 Å². The maximum Gasteiger partial charge on any atom is 0.0541 e. The lowest BCUT2D eigenvalue weighted by atomic mass is 10.0. The van der Waals surface area contributed by atoms with E-state index in [1.54, 1.807) is 0 Å². The standard InChI is InChI=1S/C40H28N2/c1-3-11-33(12-4-1)41(34-13-5-2-6-14-34)36-26-23-31-27-30(19-20-32(31)28-36)29-21-24-35(25-22-29)42-39-17-9-7-15-37(39)38-16-8-10-18-40(38)42/h1-28H. The van der Waals surface area contributed by atoms with Gasteiger partial charge < -0.3 is 9.47 Å². The molecule has 0 aliphatic rings. The molecule has 0 spiro atoms. The predicted molar refractivity (Wildman–Crippen MR) is 178 cm³/mol. The Kier molecular flexibility index (Phi) is 5.82. The summed E-state index contributed by atoms with van der Waals surface area (Å²) in [6.07, 6.45) is 0. The minimum absolute atomic E-state index is 1.14. The lowest BCUT2D eigenvalue weighted by Crippen LogP contribution is -2.09. The van der Waals surface area contributed by atoms with E-state index in [1.807, 2.05) is 0 Å². The monoisotopic (exact) mass is 536 g/mol. The van der Waals surface area contributed by atoms with Crippen molar-refractivity contribution in [3.05, 3.63) is 170 Å². The molecular formula is C40H28N2. The molecule has 198 valence electrons. The first kappa shape index (κ1) is 24.2. The van der Waals surface area contributed by atoms with Gasteiger partial charge in [-0.3, -0.25) is 0 Å². The number of nitrogens with zero attached hydrogens (tertiary/aromatic N) is 2. The summed E-state index contributed by atoms with van der Waals surface area (Å²) in [5, 5.41) is 5.01. The lowest BCUT2D eigenvalue weighted by molar-refractivity contribution is 1.18. The van der Waals surface area contributed by atoms with Crippen LogP contribution in [-0.2, 0) is 0 Å². The summed E-state index contributed by atoms with van der Waals surface area (Å²) in [5.41, 5.74) is 9.48. The van der Waals surface area contributed by atoms with Crippen LogP contribution in [0.5, 0.6) is 0 Å². The molecule has 7 aromatic carbocycles. The van der Waals surface area contributed by atoms with Crippen LogP contribution < -0.4 is 4.90 Å². The van der Waals surface area contributed by atoms with E-state index in [4.69, 9.17) is 0 Å². The summed E-state index contributed by atoms with van der Waals surface area (Å²) in [4.78, 5) is 2.31. The van der Waals surface area contributed by atoms with Gasteiger partial charge in [-0.1, -0.05) is 103 Å². The highest BCUT2D eigenvalue weighted by molar-refractivity contribution is 6.09. The molecule has 2 nitrogen and oxygen atoms in total. The molecule has 0 amide bonds. The third kappa shape index (κ3) is 4.13. The van der Waals surface area contributed by atoms with Gasteiger partial charge in [-0.05, 0) is 88.6 Å². The van der Waals surface area contributed by atoms with Crippen molar-refractivity contribution in [3.8, 4) is 16.8 Å². The fraction of sp³-hybridized carbons (Fsp3) is 0.